The van der Waals surface area contributed by atoms with E-state index in [0.29, 0.717) is 35.3 Å². The molecule has 0 amide bonds. The quantitative estimate of drug-likeness (QED) is 0.807. The number of ether oxygens (including phenoxy) is 2. The molecule has 0 bridgehead atoms. The highest BCUT2D eigenvalue weighted by Gasteiger charge is 2.14. The molecule has 21 heavy (non-hydrogen) atoms. The Balaban J connectivity index is 1.99. The van der Waals surface area contributed by atoms with Crippen molar-refractivity contribution in [2.75, 3.05) is 32.8 Å². The van der Waals surface area contributed by atoms with Crippen molar-refractivity contribution < 1.29 is 9.47 Å². The molecule has 1 fully saturated rings. The SMILES string of the molecule is CCOc1cc(C#N)cc(Cl)c1OCCN1CCCCC1. The Labute approximate surface area is 131 Å². The number of halogens is 1. The summed E-state index contributed by atoms with van der Waals surface area (Å²) in [5, 5.41) is 9.41. The highest BCUT2D eigenvalue weighted by Crippen LogP contribution is 2.36. The predicted octanol–water partition coefficient (Wildman–Crippen LogP) is 3.48. The topological polar surface area (TPSA) is 45.5 Å². The molecule has 0 radical (unpaired) electrons. The Morgan fingerprint density at radius 1 is 1.24 bits per heavy atom. The first-order valence-corrected chi connectivity index (χ1v) is 7.84. The molecular formula is C16H21ClN2O2. The van der Waals surface area contributed by atoms with E-state index in [1.807, 2.05) is 6.92 Å². The van der Waals surface area contributed by atoms with Crippen molar-refractivity contribution in [3.8, 4) is 17.6 Å². The largest absolute Gasteiger partial charge is 0.490 e. The number of benzene rings is 1. The Morgan fingerprint density at radius 2 is 2.00 bits per heavy atom. The molecule has 0 aliphatic carbocycles. The maximum atomic E-state index is 8.98. The molecular weight excluding hydrogens is 288 g/mol. The van der Waals surface area contributed by atoms with Crippen LogP contribution in [0.15, 0.2) is 12.1 Å². The van der Waals surface area contributed by atoms with Gasteiger partial charge in [0.15, 0.2) is 11.5 Å². The van der Waals surface area contributed by atoms with Gasteiger partial charge in [-0.25, -0.2) is 0 Å². The Bertz CT molecular complexity index is 508. The van der Waals surface area contributed by atoms with Gasteiger partial charge in [-0.15, -0.1) is 0 Å². The lowest BCUT2D eigenvalue weighted by Gasteiger charge is -2.26. The van der Waals surface area contributed by atoms with Gasteiger partial charge in [0.05, 0.1) is 23.3 Å². The van der Waals surface area contributed by atoms with Crippen LogP contribution in [0.5, 0.6) is 11.5 Å². The molecule has 0 atom stereocenters. The molecule has 0 saturated carbocycles. The molecule has 1 heterocycles. The second-order valence-corrected chi connectivity index (χ2v) is 5.49. The number of rotatable bonds is 6. The molecule has 5 heteroatoms. The number of hydrogen-bond acceptors (Lipinski definition) is 4. The molecule has 0 unspecified atom stereocenters. The van der Waals surface area contributed by atoms with Gasteiger partial charge in [0.2, 0.25) is 0 Å². The third kappa shape index (κ3) is 4.52. The summed E-state index contributed by atoms with van der Waals surface area (Å²) in [7, 11) is 0. The monoisotopic (exact) mass is 308 g/mol. The maximum Gasteiger partial charge on any atom is 0.179 e. The molecule has 0 spiro atoms. The third-order valence-corrected chi connectivity index (χ3v) is 3.82. The summed E-state index contributed by atoms with van der Waals surface area (Å²) in [6.45, 7) is 6.15. The molecule has 2 rings (SSSR count). The first-order valence-electron chi connectivity index (χ1n) is 7.46. The van der Waals surface area contributed by atoms with E-state index in [0.717, 1.165) is 19.6 Å². The number of nitriles is 1. The Morgan fingerprint density at radius 3 is 2.67 bits per heavy atom. The van der Waals surface area contributed by atoms with Gasteiger partial charge in [-0.2, -0.15) is 5.26 Å². The van der Waals surface area contributed by atoms with Gasteiger partial charge in [0.25, 0.3) is 0 Å². The second-order valence-electron chi connectivity index (χ2n) is 5.08. The fraction of sp³-hybridized carbons (Fsp3) is 0.562. The lowest BCUT2D eigenvalue weighted by molar-refractivity contribution is 0.179. The van der Waals surface area contributed by atoms with E-state index in [9.17, 15) is 0 Å². The van der Waals surface area contributed by atoms with Gasteiger partial charge in [-0.3, -0.25) is 4.90 Å². The summed E-state index contributed by atoms with van der Waals surface area (Å²) in [5.74, 6) is 1.08. The molecule has 1 aliphatic heterocycles. The van der Waals surface area contributed by atoms with Crippen LogP contribution in [-0.2, 0) is 0 Å². The Hall–Kier alpha value is -1.44. The molecule has 1 aromatic rings. The van der Waals surface area contributed by atoms with E-state index in [1.165, 1.54) is 19.3 Å². The zero-order valence-corrected chi connectivity index (χ0v) is 13.2. The molecule has 1 aromatic carbocycles. The van der Waals surface area contributed by atoms with Crippen molar-refractivity contribution in [3.05, 3.63) is 22.7 Å². The second kappa shape index (κ2) is 8.11. The van der Waals surface area contributed by atoms with Crippen molar-refractivity contribution in [1.29, 1.82) is 5.26 Å². The van der Waals surface area contributed by atoms with Crippen molar-refractivity contribution >= 4 is 11.6 Å². The van der Waals surface area contributed by atoms with Crippen LogP contribution in [0.25, 0.3) is 0 Å². The minimum atomic E-state index is 0.427. The van der Waals surface area contributed by atoms with Gasteiger partial charge >= 0.3 is 0 Å². The van der Waals surface area contributed by atoms with E-state index < -0.39 is 0 Å². The summed E-state index contributed by atoms with van der Waals surface area (Å²) in [5.41, 5.74) is 0.479. The van der Waals surface area contributed by atoms with Crippen LogP contribution in [0.4, 0.5) is 0 Å². The number of piperidine rings is 1. The minimum absolute atomic E-state index is 0.427. The van der Waals surface area contributed by atoms with Gasteiger partial charge < -0.3 is 9.47 Å². The predicted molar refractivity (Wildman–Crippen MR) is 83.1 cm³/mol. The zero-order valence-electron chi connectivity index (χ0n) is 12.4. The van der Waals surface area contributed by atoms with E-state index in [2.05, 4.69) is 11.0 Å². The zero-order chi connectivity index (χ0) is 15.1. The summed E-state index contributed by atoms with van der Waals surface area (Å²) >= 11 is 6.20. The van der Waals surface area contributed by atoms with Gasteiger partial charge in [0.1, 0.15) is 6.61 Å². The Kier molecular flexibility index (Phi) is 6.16. The molecule has 0 aromatic heterocycles. The normalized spacial score (nSPS) is 15.5. The maximum absolute atomic E-state index is 8.98. The average Bonchev–Trinajstić information content (AvgIpc) is 2.51. The average molecular weight is 309 g/mol. The van der Waals surface area contributed by atoms with Crippen molar-refractivity contribution in [1.82, 2.24) is 4.90 Å². The number of nitrogens with zero attached hydrogens (tertiary/aromatic N) is 2. The smallest absolute Gasteiger partial charge is 0.179 e. The van der Waals surface area contributed by atoms with E-state index >= 15 is 0 Å². The fourth-order valence-corrected chi connectivity index (χ4v) is 2.76. The highest BCUT2D eigenvalue weighted by atomic mass is 35.5. The fourth-order valence-electron chi connectivity index (χ4n) is 2.50. The van der Waals surface area contributed by atoms with Crippen LogP contribution < -0.4 is 9.47 Å². The lowest BCUT2D eigenvalue weighted by Crippen LogP contribution is -2.33. The summed E-state index contributed by atoms with van der Waals surface area (Å²) in [4.78, 5) is 2.40. The first kappa shape index (κ1) is 15.9. The van der Waals surface area contributed by atoms with E-state index in [-0.39, 0.29) is 0 Å². The van der Waals surface area contributed by atoms with Crippen molar-refractivity contribution in [3.63, 3.8) is 0 Å². The molecule has 4 nitrogen and oxygen atoms in total. The third-order valence-electron chi connectivity index (χ3n) is 3.54. The molecule has 0 N–H and O–H groups in total. The van der Waals surface area contributed by atoms with E-state index in [1.54, 1.807) is 12.1 Å². The van der Waals surface area contributed by atoms with Crippen molar-refractivity contribution in [2.45, 2.75) is 26.2 Å². The van der Waals surface area contributed by atoms with Crippen LogP contribution >= 0.6 is 11.6 Å². The summed E-state index contributed by atoms with van der Waals surface area (Å²) < 4.78 is 11.3. The molecule has 1 saturated heterocycles. The summed E-state index contributed by atoms with van der Waals surface area (Å²) in [6.07, 6.45) is 3.86. The first-order chi connectivity index (χ1) is 10.2. The van der Waals surface area contributed by atoms with Crippen LogP contribution in [0.2, 0.25) is 5.02 Å². The van der Waals surface area contributed by atoms with Gasteiger partial charge in [-0.05, 0) is 38.9 Å². The van der Waals surface area contributed by atoms with Crippen molar-refractivity contribution in [2.24, 2.45) is 0 Å². The standard InChI is InChI=1S/C16H21ClN2O2/c1-2-20-15-11-13(12-18)10-14(17)16(15)21-9-8-19-6-4-3-5-7-19/h10-11H,2-9H2,1H3. The summed E-state index contributed by atoms with van der Waals surface area (Å²) in [6, 6.07) is 5.36. The minimum Gasteiger partial charge on any atom is -0.490 e. The van der Waals surface area contributed by atoms with Gasteiger partial charge in [0, 0.05) is 12.6 Å². The van der Waals surface area contributed by atoms with Crippen LogP contribution in [-0.4, -0.2) is 37.7 Å². The van der Waals surface area contributed by atoms with Gasteiger partial charge in [-0.1, -0.05) is 18.0 Å². The van der Waals surface area contributed by atoms with Crippen LogP contribution in [0, 0.1) is 11.3 Å². The number of hydrogen-bond donors (Lipinski definition) is 0. The number of likely N-dealkylation sites (tertiary alicyclic amines) is 1. The van der Waals surface area contributed by atoms with Crippen LogP contribution in [0.3, 0.4) is 0 Å². The molecule has 1 aliphatic rings. The highest BCUT2D eigenvalue weighted by molar-refractivity contribution is 6.32. The van der Waals surface area contributed by atoms with E-state index in [4.69, 9.17) is 26.3 Å². The lowest BCUT2D eigenvalue weighted by atomic mass is 10.1. The van der Waals surface area contributed by atoms with Crippen LogP contribution in [0.1, 0.15) is 31.7 Å². The molecule has 114 valence electrons.